The molecule has 0 fully saturated rings. The first-order valence-electron chi connectivity index (χ1n) is 3.39. The summed E-state index contributed by atoms with van der Waals surface area (Å²) in [5.74, 6) is 5.86. The van der Waals surface area contributed by atoms with Crippen LogP contribution in [0.2, 0.25) is 0 Å². The molecule has 0 bridgehead atoms. The molecule has 0 nitrogen and oxygen atoms in total. The van der Waals surface area contributed by atoms with E-state index in [-0.39, 0.29) is 0 Å². The highest BCUT2D eigenvalue weighted by Gasteiger charge is 1.84. The van der Waals surface area contributed by atoms with Gasteiger partial charge in [0.05, 0.1) is 0 Å². The summed E-state index contributed by atoms with van der Waals surface area (Å²) in [4.78, 5) is 0. The molecule has 0 aromatic rings. The Bertz CT molecular complexity index is 241. The predicted octanol–water partition coefficient (Wildman–Crippen LogP) is 2.45. The van der Waals surface area contributed by atoms with Crippen LogP contribution in [0.15, 0.2) is 36.0 Å². The summed E-state index contributed by atoms with van der Waals surface area (Å²) < 4.78 is 0. The fourth-order valence-corrected chi connectivity index (χ4v) is 0.807. The number of hydrogen-bond donors (Lipinski definition) is 0. The summed E-state index contributed by atoms with van der Waals surface area (Å²) >= 11 is 0. The van der Waals surface area contributed by atoms with Gasteiger partial charge in [0.25, 0.3) is 0 Å². The second-order valence-corrected chi connectivity index (χ2v) is 2.06. The van der Waals surface area contributed by atoms with Crippen LogP contribution >= 0.6 is 0 Å². The van der Waals surface area contributed by atoms with Crippen molar-refractivity contribution >= 4 is 0 Å². The fraction of sp³-hybridized carbons (Fsp3) is 0.200. The molecule has 0 amide bonds. The second-order valence-electron chi connectivity index (χ2n) is 2.06. The third-order valence-corrected chi connectivity index (χ3v) is 1.25. The first-order valence-corrected chi connectivity index (χ1v) is 3.39. The predicted molar refractivity (Wildman–Crippen MR) is 44.4 cm³/mol. The van der Waals surface area contributed by atoms with Gasteiger partial charge in [-0.15, -0.1) is 5.92 Å². The molecule has 0 radical (unpaired) electrons. The van der Waals surface area contributed by atoms with Gasteiger partial charge in [0.15, 0.2) is 0 Å². The molecule has 0 heteroatoms. The van der Waals surface area contributed by atoms with E-state index in [2.05, 4.69) is 30.1 Å². The molecule has 0 heterocycles. The van der Waals surface area contributed by atoms with E-state index in [0.29, 0.717) is 0 Å². The molecule has 0 atom stereocenters. The van der Waals surface area contributed by atoms with E-state index in [9.17, 15) is 0 Å². The van der Waals surface area contributed by atoms with Gasteiger partial charge >= 0.3 is 0 Å². The van der Waals surface area contributed by atoms with E-state index in [0.717, 1.165) is 12.0 Å². The van der Waals surface area contributed by atoms with Crippen LogP contribution in [0, 0.1) is 11.8 Å². The normalized spacial score (nSPS) is 15.1. The van der Waals surface area contributed by atoms with E-state index in [1.54, 1.807) is 0 Å². The number of rotatable bonds is 0. The summed E-state index contributed by atoms with van der Waals surface area (Å²) in [6.45, 7) is 1.85. The van der Waals surface area contributed by atoms with Crippen LogP contribution in [-0.4, -0.2) is 0 Å². The molecule has 1 aliphatic carbocycles. The molecule has 0 saturated carbocycles. The van der Waals surface area contributed by atoms with Crippen molar-refractivity contribution in [1.82, 2.24) is 0 Å². The van der Waals surface area contributed by atoms with Crippen LogP contribution in [-0.2, 0) is 0 Å². The average Bonchev–Trinajstić information content (AvgIpc) is 2.17. The van der Waals surface area contributed by atoms with Crippen LogP contribution in [0.1, 0.15) is 13.3 Å². The molecule has 1 rings (SSSR count). The van der Waals surface area contributed by atoms with Gasteiger partial charge in [-0.3, -0.25) is 0 Å². The van der Waals surface area contributed by atoms with Gasteiger partial charge in [0.2, 0.25) is 0 Å². The Morgan fingerprint density at radius 3 is 3.10 bits per heavy atom. The van der Waals surface area contributed by atoms with Gasteiger partial charge < -0.3 is 0 Å². The zero-order chi connectivity index (χ0) is 7.23. The molecule has 0 aromatic heterocycles. The molecule has 0 aromatic carbocycles. The minimum absolute atomic E-state index is 1.02. The lowest BCUT2D eigenvalue weighted by atomic mass is 10.2. The van der Waals surface area contributed by atoms with Crippen molar-refractivity contribution < 1.29 is 0 Å². The molecule has 0 unspecified atom stereocenters. The standard InChI is InChI=1S/C10H10/c1-2-7-10-8-5-3-4-6-9-10/h3,5-6,8-9H,4H2,1H3. The zero-order valence-electron chi connectivity index (χ0n) is 6.09. The summed E-state index contributed by atoms with van der Waals surface area (Å²) in [7, 11) is 0. The van der Waals surface area contributed by atoms with Crippen molar-refractivity contribution in [2.24, 2.45) is 0 Å². The maximum atomic E-state index is 3.00. The highest BCUT2D eigenvalue weighted by atomic mass is 13.9. The molecule has 50 valence electrons. The first kappa shape index (κ1) is 6.89. The Balaban J connectivity index is 2.79. The van der Waals surface area contributed by atoms with Gasteiger partial charge in [0, 0.05) is 5.57 Å². The lowest BCUT2D eigenvalue weighted by Gasteiger charge is -1.82. The Kier molecular flexibility index (Phi) is 2.58. The molecular formula is C10H10. The zero-order valence-corrected chi connectivity index (χ0v) is 6.09. The summed E-state index contributed by atoms with van der Waals surface area (Å²) in [6.07, 6.45) is 11.4. The minimum Gasteiger partial charge on any atom is -0.101 e. The molecule has 0 aliphatic heterocycles. The van der Waals surface area contributed by atoms with Crippen molar-refractivity contribution in [2.45, 2.75) is 13.3 Å². The van der Waals surface area contributed by atoms with Gasteiger partial charge in [0.1, 0.15) is 0 Å². The topological polar surface area (TPSA) is 0 Å². The van der Waals surface area contributed by atoms with E-state index in [4.69, 9.17) is 0 Å². The van der Waals surface area contributed by atoms with Crippen LogP contribution in [0.25, 0.3) is 0 Å². The van der Waals surface area contributed by atoms with Gasteiger partial charge in [-0.2, -0.15) is 0 Å². The van der Waals surface area contributed by atoms with E-state index < -0.39 is 0 Å². The van der Waals surface area contributed by atoms with Gasteiger partial charge in [-0.25, -0.2) is 0 Å². The monoisotopic (exact) mass is 130 g/mol. The van der Waals surface area contributed by atoms with E-state index >= 15 is 0 Å². The number of allylic oxidation sites excluding steroid dienone is 6. The minimum atomic E-state index is 1.02. The molecule has 1 aliphatic rings. The quantitative estimate of drug-likeness (QED) is 0.442. The summed E-state index contributed by atoms with van der Waals surface area (Å²) in [5, 5.41) is 0. The SMILES string of the molecule is CC#CC1=CC=CCC=C1. The van der Waals surface area contributed by atoms with Crippen molar-refractivity contribution in [3.8, 4) is 11.8 Å². The van der Waals surface area contributed by atoms with Crippen molar-refractivity contribution in [3.05, 3.63) is 36.0 Å². The maximum absolute atomic E-state index is 3.00. The lowest BCUT2D eigenvalue weighted by molar-refractivity contribution is 1.40. The molecule has 0 spiro atoms. The van der Waals surface area contributed by atoms with E-state index in [1.165, 1.54) is 0 Å². The van der Waals surface area contributed by atoms with E-state index in [1.807, 2.05) is 19.1 Å². The largest absolute Gasteiger partial charge is 0.101 e. The van der Waals surface area contributed by atoms with Crippen LogP contribution in [0.3, 0.4) is 0 Å². The smallest absolute Gasteiger partial charge is 0.0241 e. The molecule has 0 N–H and O–H groups in total. The Labute approximate surface area is 61.9 Å². The molecular weight excluding hydrogens is 120 g/mol. The van der Waals surface area contributed by atoms with Gasteiger partial charge in [-0.05, 0) is 19.4 Å². The average molecular weight is 130 g/mol. The lowest BCUT2D eigenvalue weighted by Crippen LogP contribution is -1.67. The fourth-order valence-electron chi connectivity index (χ4n) is 0.807. The van der Waals surface area contributed by atoms with Gasteiger partial charge in [-0.1, -0.05) is 30.2 Å². The molecule has 0 saturated heterocycles. The molecule has 10 heavy (non-hydrogen) atoms. The Morgan fingerprint density at radius 2 is 2.30 bits per heavy atom. The highest BCUT2D eigenvalue weighted by molar-refractivity contribution is 5.41. The third-order valence-electron chi connectivity index (χ3n) is 1.25. The Hall–Kier alpha value is -1.22. The number of hydrogen-bond acceptors (Lipinski definition) is 0. The summed E-state index contributed by atoms with van der Waals surface area (Å²) in [6, 6.07) is 0. The van der Waals surface area contributed by atoms with Crippen molar-refractivity contribution in [2.75, 3.05) is 0 Å². The third kappa shape index (κ3) is 1.95. The Morgan fingerprint density at radius 1 is 1.40 bits per heavy atom. The highest BCUT2D eigenvalue weighted by Crippen LogP contribution is 2.02. The maximum Gasteiger partial charge on any atom is 0.0241 e. The second kappa shape index (κ2) is 3.74. The van der Waals surface area contributed by atoms with Crippen molar-refractivity contribution in [1.29, 1.82) is 0 Å². The van der Waals surface area contributed by atoms with Crippen LogP contribution in [0.5, 0.6) is 0 Å². The first-order chi connectivity index (χ1) is 4.93. The van der Waals surface area contributed by atoms with Crippen molar-refractivity contribution in [3.63, 3.8) is 0 Å². The summed E-state index contributed by atoms with van der Waals surface area (Å²) in [5.41, 5.74) is 1.09. The van der Waals surface area contributed by atoms with Crippen LogP contribution < -0.4 is 0 Å². The van der Waals surface area contributed by atoms with Crippen LogP contribution in [0.4, 0.5) is 0 Å².